The third-order valence-corrected chi connectivity index (χ3v) is 3.12. The van der Waals surface area contributed by atoms with E-state index in [0.717, 1.165) is 0 Å². The Bertz CT molecular complexity index is 705. The van der Waals surface area contributed by atoms with Gasteiger partial charge in [0, 0.05) is 11.1 Å². The van der Waals surface area contributed by atoms with Crippen LogP contribution in [0.4, 0.5) is 0 Å². The number of hydrogen-bond acceptors (Lipinski definition) is 5. The Morgan fingerprint density at radius 2 is 1.73 bits per heavy atom. The Kier molecular flexibility index (Phi) is 4.68. The molecule has 5 nitrogen and oxygen atoms in total. The van der Waals surface area contributed by atoms with E-state index in [1.807, 2.05) is 6.07 Å². The average Bonchev–Trinajstić information content (AvgIpc) is 2.55. The highest BCUT2D eigenvalue weighted by atomic mass is 16.5. The number of rotatable bonds is 5. The summed E-state index contributed by atoms with van der Waals surface area (Å²) in [5, 5.41) is 19.9. The minimum atomic E-state index is -0.297. The number of ether oxygens (including phenoxy) is 2. The first kappa shape index (κ1) is 15.4. The van der Waals surface area contributed by atoms with Gasteiger partial charge in [0.1, 0.15) is 0 Å². The molecule has 22 heavy (non-hydrogen) atoms. The minimum absolute atomic E-state index is 0.105. The number of benzene rings is 2. The van der Waals surface area contributed by atoms with E-state index in [1.54, 1.807) is 24.3 Å². The molecule has 0 saturated heterocycles. The Morgan fingerprint density at radius 3 is 2.32 bits per heavy atom. The Balaban J connectivity index is 2.37. The van der Waals surface area contributed by atoms with Gasteiger partial charge >= 0.3 is 0 Å². The maximum Gasteiger partial charge on any atom is 0.207 e. The van der Waals surface area contributed by atoms with Crippen LogP contribution < -0.4 is 9.47 Å². The van der Waals surface area contributed by atoms with Gasteiger partial charge in [-0.05, 0) is 18.2 Å². The number of phenolic OH excluding ortho intramolecular Hbond substituents is 2. The minimum Gasteiger partial charge on any atom is -0.504 e. The summed E-state index contributed by atoms with van der Waals surface area (Å²) >= 11 is 0. The lowest BCUT2D eigenvalue weighted by molar-refractivity contribution is 0.104. The van der Waals surface area contributed by atoms with Crippen molar-refractivity contribution in [3.63, 3.8) is 0 Å². The first-order valence-electron chi connectivity index (χ1n) is 6.52. The highest BCUT2D eigenvalue weighted by Crippen LogP contribution is 2.45. The molecule has 2 aromatic rings. The molecule has 2 rings (SSSR count). The highest BCUT2D eigenvalue weighted by molar-refractivity contribution is 6.07. The molecule has 0 aliphatic carbocycles. The maximum absolute atomic E-state index is 12.0. The average molecular weight is 300 g/mol. The van der Waals surface area contributed by atoms with Gasteiger partial charge in [-0.25, -0.2) is 0 Å². The maximum atomic E-state index is 12.0. The summed E-state index contributed by atoms with van der Waals surface area (Å²) in [7, 11) is 2.70. The zero-order valence-corrected chi connectivity index (χ0v) is 12.2. The van der Waals surface area contributed by atoms with Gasteiger partial charge in [-0.3, -0.25) is 4.79 Å². The number of allylic oxidation sites excluding steroid dienone is 1. The van der Waals surface area contributed by atoms with Crippen molar-refractivity contribution in [3.8, 4) is 23.0 Å². The molecule has 0 heterocycles. The molecule has 5 heteroatoms. The molecule has 0 unspecified atom stereocenters. The molecule has 0 aliphatic rings. The summed E-state index contributed by atoms with van der Waals surface area (Å²) in [6, 6.07) is 10.2. The topological polar surface area (TPSA) is 76.0 Å². The van der Waals surface area contributed by atoms with Crippen molar-refractivity contribution >= 4 is 11.9 Å². The second-order valence-electron chi connectivity index (χ2n) is 4.46. The quantitative estimate of drug-likeness (QED) is 0.655. The van der Waals surface area contributed by atoms with E-state index in [2.05, 4.69) is 0 Å². The van der Waals surface area contributed by atoms with E-state index in [-0.39, 0.29) is 28.8 Å². The molecule has 0 spiro atoms. The van der Waals surface area contributed by atoms with Crippen LogP contribution in [0.5, 0.6) is 23.0 Å². The molecule has 0 saturated carbocycles. The zero-order valence-electron chi connectivity index (χ0n) is 12.2. The molecule has 0 bridgehead atoms. The first-order valence-corrected chi connectivity index (χ1v) is 6.52. The van der Waals surface area contributed by atoms with Gasteiger partial charge in [0.15, 0.2) is 17.3 Å². The van der Waals surface area contributed by atoms with Crippen molar-refractivity contribution in [3.05, 3.63) is 53.6 Å². The number of phenols is 2. The molecular weight excluding hydrogens is 284 g/mol. The third-order valence-electron chi connectivity index (χ3n) is 3.12. The second-order valence-corrected chi connectivity index (χ2v) is 4.46. The van der Waals surface area contributed by atoms with Crippen LogP contribution >= 0.6 is 0 Å². The van der Waals surface area contributed by atoms with E-state index >= 15 is 0 Å². The van der Waals surface area contributed by atoms with Crippen molar-refractivity contribution in [2.75, 3.05) is 14.2 Å². The summed E-state index contributed by atoms with van der Waals surface area (Å²) in [5.74, 6) is -0.731. The predicted octanol–water partition coefficient (Wildman–Crippen LogP) is 3.01. The van der Waals surface area contributed by atoms with Crippen LogP contribution in [0.25, 0.3) is 6.08 Å². The van der Waals surface area contributed by atoms with Gasteiger partial charge in [-0.1, -0.05) is 30.3 Å². The van der Waals surface area contributed by atoms with Crippen molar-refractivity contribution in [1.29, 1.82) is 0 Å². The van der Waals surface area contributed by atoms with Gasteiger partial charge in [-0.2, -0.15) is 0 Å². The van der Waals surface area contributed by atoms with Crippen LogP contribution in [-0.4, -0.2) is 30.2 Å². The third kappa shape index (κ3) is 3.03. The lowest BCUT2D eigenvalue weighted by Crippen LogP contribution is -1.94. The molecule has 0 aromatic heterocycles. The summed E-state index contributed by atoms with van der Waals surface area (Å²) in [6.07, 6.45) is 2.77. The number of carbonyl (C=O) groups excluding carboxylic acids is 1. The molecule has 114 valence electrons. The van der Waals surface area contributed by atoms with Crippen LogP contribution in [0.2, 0.25) is 0 Å². The fourth-order valence-corrected chi connectivity index (χ4v) is 1.97. The van der Waals surface area contributed by atoms with Gasteiger partial charge in [0.25, 0.3) is 0 Å². The van der Waals surface area contributed by atoms with Gasteiger partial charge in [-0.15, -0.1) is 0 Å². The van der Waals surface area contributed by atoms with Crippen LogP contribution in [0.1, 0.15) is 15.9 Å². The Hall–Kier alpha value is -2.95. The molecule has 0 fully saturated rings. The Morgan fingerprint density at radius 1 is 1.05 bits per heavy atom. The number of carbonyl (C=O) groups is 1. The fourth-order valence-electron chi connectivity index (χ4n) is 1.97. The standard InChI is InChI=1S/C17H16O5/c1-21-14-10-12(15(19)17(22-2)16(14)20)8-9-13(18)11-6-4-3-5-7-11/h3-10,19-20H,1-2H3. The van der Waals surface area contributed by atoms with E-state index in [4.69, 9.17) is 9.47 Å². The monoisotopic (exact) mass is 300 g/mol. The van der Waals surface area contributed by atoms with E-state index in [0.29, 0.717) is 11.1 Å². The van der Waals surface area contributed by atoms with Crippen LogP contribution in [-0.2, 0) is 0 Å². The van der Waals surface area contributed by atoms with Crippen molar-refractivity contribution in [2.24, 2.45) is 0 Å². The smallest absolute Gasteiger partial charge is 0.207 e. The number of ketones is 1. The second kappa shape index (κ2) is 6.67. The van der Waals surface area contributed by atoms with E-state index in [9.17, 15) is 15.0 Å². The molecule has 0 aliphatic heterocycles. The molecule has 2 aromatic carbocycles. The molecule has 2 N–H and O–H groups in total. The number of aromatic hydroxyl groups is 2. The van der Waals surface area contributed by atoms with Crippen LogP contribution in [0.15, 0.2) is 42.5 Å². The van der Waals surface area contributed by atoms with Gasteiger partial charge < -0.3 is 19.7 Å². The van der Waals surface area contributed by atoms with Crippen molar-refractivity contribution in [2.45, 2.75) is 0 Å². The first-order chi connectivity index (χ1) is 10.6. The van der Waals surface area contributed by atoms with Crippen LogP contribution in [0, 0.1) is 0 Å². The zero-order chi connectivity index (χ0) is 16.1. The van der Waals surface area contributed by atoms with E-state index in [1.165, 1.54) is 32.4 Å². The Labute approximate surface area is 128 Å². The molecule has 0 radical (unpaired) electrons. The molecular formula is C17H16O5. The van der Waals surface area contributed by atoms with Gasteiger partial charge in [0.05, 0.1) is 14.2 Å². The molecule has 0 amide bonds. The van der Waals surface area contributed by atoms with E-state index < -0.39 is 0 Å². The largest absolute Gasteiger partial charge is 0.504 e. The fraction of sp³-hybridized carbons (Fsp3) is 0.118. The van der Waals surface area contributed by atoms with Crippen molar-refractivity contribution < 1.29 is 24.5 Å². The summed E-state index contributed by atoms with van der Waals surface area (Å²) in [6.45, 7) is 0. The lowest BCUT2D eigenvalue weighted by atomic mass is 10.1. The predicted molar refractivity (Wildman–Crippen MR) is 82.7 cm³/mol. The van der Waals surface area contributed by atoms with Crippen molar-refractivity contribution in [1.82, 2.24) is 0 Å². The van der Waals surface area contributed by atoms with Crippen LogP contribution in [0.3, 0.4) is 0 Å². The summed E-state index contributed by atoms with van der Waals surface area (Å²) < 4.78 is 9.97. The normalized spacial score (nSPS) is 10.6. The summed E-state index contributed by atoms with van der Waals surface area (Å²) in [5.41, 5.74) is 0.840. The SMILES string of the molecule is COc1cc(C=CC(=O)c2ccccc2)c(O)c(OC)c1O. The highest BCUT2D eigenvalue weighted by Gasteiger charge is 2.17. The lowest BCUT2D eigenvalue weighted by Gasteiger charge is -2.12. The summed E-state index contributed by atoms with van der Waals surface area (Å²) in [4.78, 5) is 12.0. The number of hydrogen-bond donors (Lipinski definition) is 2. The molecule has 0 atom stereocenters. The van der Waals surface area contributed by atoms with Gasteiger partial charge in [0.2, 0.25) is 11.5 Å². The number of methoxy groups -OCH3 is 2.